The first-order chi connectivity index (χ1) is 18.6. The molecule has 0 saturated heterocycles. The van der Waals surface area contributed by atoms with Crippen molar-refractivity contribution in [3.63, 3.8) is 0 Å². The summed E-state index contributed by atoms with van der Waals surface area (Å²) in [4.78, 5) is 39.5. The first-order valence-corrected chi connectivity index (χ1v) is 13.4. The summed E-state index contributed by atoms with van der Waals surface area (Å²) < 4.78 is 0. The predicted molar refractivity (Wildman–Crippen MR) is 148 cm³/mol. The molecule has 1 aliphatic heterocycles. The molecule has 5 heteroatoms. The molecule has 1 aliphatic carbocycles. The van der Waals surface area contributed by atoms with Crippen LogP contribution in [0, 0.1) is 0 Å². The summed E-state index contributed by atoms with van der Waals surface area (Å²) in [7, 11) is 0. The average Bonchev–Trinajstić information content (AvgIpc) is 3.48. The van der Waals surface area contributed by atoms with Gasteiger partial charge < -0.3 is 5.32 Å². The lowest BCUT2D eigenvalue weighted by Gasteiger charge is -2.22. The highest BCUT2D eigenvalue weighted by Crippen LogP contribution is 2.36. The lowest BCUT2D eigenvalue weighted by molar-refractivity contribution is -0.121. The van der Waals surface area contributed by atoms with Gasteiger partial charge in [-0.15, -0.1) is 0 Å². The van der Waals surface area contributed by atoms with Crippen LogP contribution in [0.25, 0.3) is 10.8 Å². The zero-order valence-corrected chi connectivity index (χ0v) is 21.3. The van der Waals surface area contributed by atoms with Crippen LogP contribution in [0.1, 0.15) is 74.7 Å². The van der Waals surface area contributed by atoms with E-state index in [0.717, 1.165) is 30.4 Å². The lowest BCUT2D eigenvalue weighted by atomic mass is 9.91. The van der Waals surface area contributed by atoms with E-state index in [1.165, 1.54) is 26.8 Å². The van der Waals surface area contributed by atoms with Crippen LogP contribution in [0.3, 0.4) is 0 Å². The maximum atomic E-state index is 13.1. The van der Waals surface area contributed by atoms with Crippen molar-refractivity contribution in [1.29, 1.82) is 0 Å². The van der Waals surface area contributed by atoms with Crippen molar-refractivity contribution in [2.45, 2.75) is 44.6 Å². The van der Waals surface area contributed by atoms with Crippen molar-refractivity contribution in [3.05, 3.63) is 118 Å². The van der Waals surface area contributed by atoms with Gasteiger partial charge in [0.2, 0.25) is 5.91 Å². The van der Waals surface area contributed by atoms with Gasteiger partial charge in [0.25, 0.3) is 11.8 Å². The normalized spacial score (nSPS) is 14.7. The van der Waals surface area contributed by atoms with Gasteiger partial charge in [-0.3, -0.25) is 19.3 Å². The fraction of sp³-hybridized carbons (Fsp3) is 0.242. The second kappa shape index (κ2) is 10.3. The second-order valence-electron chi connectivity index (χ2n) is 10.2. The number of benzene rings is 4. The largest absolute Gasteiger partial charge is 0.345 e. The SMILES string of the molecule is O=C(CCCCCN1C(=O)c2ccccc2C1=O)NC(c1ccccc1)c1ccc2c3c(cccc13)CC2. The highest BCUT2D eigenvalue weighted by atomic mass is 16.2. The van der Waals surface area contributed by atoms with Gasteiger partial charge in [0, 0.05) is 13.0 Å². The lowest BCUT2D eigenvalue weighted by Crippen LogP contribution is -2.31. The molecule has 1 N–H and O–H groups in total. The molecule has 1 heterocycles. The Bertz CT molecular complexity index is 1500. The quantitative estimate of drug-likeness (QED) is 0.225. The molecular weight excluding hydrogens is 472 g/mol. The van der Waals surface area contributed by atoms with Gasteiger partial charge in [0.15, 0.2) is 0 Å². The van der Waals surface area contributed by atoms with Crippen molar-refractivity contribution in [2.75, 3.05) is 6.54 Å². The summed E-state index contributed by atoms with van der Waals surface area (Å²) in [5.41, 5.74) is 5.91. The number of aryl methyl sites for hydroxylation is 2. The Morgan fingerprint density at radius 3 is 2.16 bits per heavy atom. The van der Waals surface area contributed by atoms with E-state index in [2.05, 4.69) is 47.8 Å². The van der Waals surface area contributed by atoms with Crippen molar-refractivity contribution in [2.24, 2.45) is 0 Å². The highest BCUT2D eigenvalue weighted by Gasteiger charge is 2.34. The molecule has 4 aromatic carbocycles. The molecule has 4 aromatic rings. The van der Waals surface area contributed by atoms with Crippen LogP contribution >= 0.6 is 0 Å². The highest BCUT2D eigenvalue weighted by molar-refractivity contribution is 6.21. The molecule has 0 bridgehead atoms. The van der Waals surface area contributed by atoms with Gasteiger partial charge in [-0.1, -0.05) is 79.2 Å². The van der Waals surface area contributed by atoms with Gasteiger partial charge in [0.1, 0.15) is 0 Å². The third-order valence-corrected chi connectivity index (χ3v) is 7.82. The molecule has 5 nitrogen and oxygen atoms in total. The number of nitrogens with zero attached hydrogens (tertiary/aromatic N) is 1. The maximum Gasteiger partial charge on any atom is 0.261 e. The monoisotopic (exact) mass is 502 g/mol. The summed E-state index contributed by atoms with van der Waals surface area (Å²) in [5, 5.41) is 5.86. The molecule has 0 saturated carbocycles. The Kier molecular flexibility index (Phi) is 6.50. The second-order valence-corrected chi connectivity index (χ2v) is 10.2. The van der Waals surface area contributed by atoms with E-state index in [9.17, 15) is 14.4 Å². The zero-order valence-electron chi connectivity index (χ0n) is 21.3. The summed E-state index contributed by atoms with van der Waals surface area (Å²) in [6.07, 6.45) is 4.67. The molecule has 2 aliphatic rings. The van der Waals surface area contributed by atoms with Gasteiger partial charge in [-0.2, -0.15) is 0 Å². The number of rotatable bonds is 9. The third-order valence-electron chi connectivity index (χ3n) is 7.82. The smallest absolute Gasteiger partial charge is 0.261 e. The third kappa shape index (κ3) is 4.38. The first kappa shape index (κ1) is 24.1. The van der Waals surface area contributed by atoms with E-state index < -0.39 is 0 Å². The van der Waals surface area contributed by atoms with Gasteiger partial charge in [0.05, 0.1) is 17.2 Å². The number of imide groups is 1. The van der Waals surface area contributed by atoms with Crippen LogP contribution in [-0.2, 0) is 17.6 Å². The molecule has 190 valence electrons. The van der Waals surface area contributed by atoms with Crippen molar-refractivity contribution >= 4 is 28.5 Å². The summed E-state index contributed by atoms with van der Waals surface area (Å²) in [5.74, 6) is -0.443. The zero-order chi connectivity index (χ0) is 26.1. The van der Waals surface area contributed by atoms with Crippen LogP contribution in [-0.4, -0.2) is 29.2 Å². The van der Waals surface area contributed by atoms with Crippen LogP contribution < -0.4 is 5.32 Å². The summed E-state index contributed by atoms with van der Waals surface area (Å²) >= 11 is 0. The molecular formula is C33H30N2O3. The molecule has 3 amide bonds. The van der Waals surface area contributed by atoms with Crippen LogP contribution in [0.4, 0.5) is 0 Å². The summed E-state index contributed by atoms with van der Waals surface area (Å²) in [6, 6.07) is 27.7. The summed E-state index contributed by atoms with van der Waals surface area (Å²) in [6.45, 7) is 0.376. The van der Waals surface area contributed by atoms with E-state index >= 15 is 0 Å². The van der Waals surface area contributed by atoms with E-state index in [-0.39, 0.29) is 23.8 Å². The van der Waals surface area contributed by atoms with Crippen LogP contribution in [0.5, 0.6) is 0 Å². The van der Waals surface area contributed by atoms with Gasteiger partial charge >= 0.3 is 0 Å². The number of carbonyl (C=O) groups excluding carboxylic acids is 3. The first-order valence-electron chi connectivity index (χ1n) is 13.4. The van der Waals surface area contributed by atoms with Crippen molar-refractivity contribution in [3.8, 4) is 0 Å². The molecule has 0 radical (unpaired) electrons. The molecule has 1 unspecified atom stereocenters. The van der Waals surface area contributed by atoms with Crippen molar-refractivity contribution in [1.82, 2.24) is 10.2 Å². The number of fused-ring (bicyclic) bond motifs is 1. The minimum Gasteiger partial charge on any atom is -0.345 e. The fourth-order valence-corrected chi connectivity index (χ4v) is 5.91. The maximum absolute atomic E-state index is 13.1. The average molecular weight is 503 g/mol. The number of carbonyl (C=O) groups is 3. The molecule has 0 spiro atoms. The number of hydrogen-bond acceptors (Lipinski definition) is 3. The van der Waals surface area contributed by atoms with E-state index in [1.807, 2.05) is 18.2 Å². The topological polar surface area (TPSA) is 66.5 Å². The molecule has 38 heavy (non-hydrogen) atoms. The molecule has 1 atom stereocenters. The van der Waals surface area contributed by atoms with Crippen molar-refractivity contribution < 1.29 is 14.4 Å². The number of unbranched alkanes of at least 4 members (excludes halogenated alkanes) is 2. The molecule has 0 aromatic heterocycles. The molecule has 0 fully saturated rings. The Labute approximate surface area is 222 Å². The minimum absolute atomic E-state index is 0.00263. The number of nitrogens with one attached hydrogen (secondary N) is 1. The Hall–Kier alpha value is -4.25. The Morgan fingerprint density at radius 1 is 0.737 bits per heavy atom. The predicted octanol–water partition coefficient (Wildman–Crippen LogP) is 6.00. The number of hydrogen-bond donors (Lipinski definition) is 1. The molecule has 6 rings (SSSR count). The van der Waals surface area contributed by atoms with E-state index in [1.54, 1.807) is 24.3 Å². The van der Waals surface area contributed by atoms with E-state index in [0.29, 0.717) is 36.9 Å². The fourth-order valence-electron chi connectivity index (χ4n) is 5.91. The van der Waals surface area contributed by atoms with Crippen LogP contribution in [0.2, 0.25) is 0 Å². The van der Waals surface area contributed by atoms with Crippen LogP contribution in [0.15, 0.2) is 84.9 Å². The van der Waals surface area contributed by atoms with Gasteiger partial charge in [-0.25, -0.2) is 0 Å². The van der Waals surface area contributed by atoms with E-state index in [4.69, 9.17) is 0 Å². The standard InChI is InChI=1S/C33H30N2O3/c36-29(16-5-2-8-21-35-32(37)27-13-6-7-14-28(27)33(35)38)34-31(24-10-3-1-4-11-24)26-20-19-23-18-17-22-12-9-15-25(26)30(22)23/h1,3-4,6-7,9-15,19-20,31H,2,5,8,16-18,21H2,(H,34,36). The minimum atomic E-state index is -0.230. The Balaban J connectivity index is 1.10. The Morgan fingerprint density at radius 2 is 1.42 bits per heavy atom. The number of amides is 3. The van der Waals surface area contributed by atoms with Gasteiger partial charge in [-0.05, 0) is 70.8 Å².